The minimum Gasteiger partial charge on any atom is -0.395 e. The van der Waals surface area contributed by atoms with E-state index < -0.39 is 0 Å². The van der Waals surface area contributed by atoms with Crippen LogP contribution >= 0.6 is 0 Å². The number of nitrogens with zero attached hydrogens (tertiary/aromatic N) is 2. The summed E-state index contributed by atoms with van der Waals surface area (Å²) in [6.45, 7) is 1.88. The van der Waals surface area contributed by atoms with E-state index in [1.807, 2.05) is 24.4 Å². The number of hydrogen-bond donors (Lipinski definition) is 1. The van der Waals surface area contributed by atoms with Gasteiger partial charge in [0, 0.05) is 37.5 Å². The number of pyridine rings is 1. The van der Waals surface area contributed by atoms with Crippen LogP contribution in [0.1, 0.15) is 23.1 Å². The van der Waals surface area contributed by atoms with Gasteiger partial charge >= 0.3 is 0 Å². The molecule has 0 aliphatic rings. The molecule has 3 heteroatoms. The molecule has 0 aliphatic carbocycles. The number of aliphatic hydroxyl groups excluding tert-OH is 1. The summed E-state index contributed by atoms with van der Waals surface area (Å²) < 4.78 is 0. The Morgan fingerprint density at radius 1 is 1.10 bits per heavy atom. The lowest BCUT2D eigenvalue weighted by Gasteiger charge is -2.16. The first-order valence-corrected chi connectivity index (χ1v) is 7.04. The number of hydrogen-bond acceptors (Lipinski definition) is 3. The average Bonchev–Trinajstić information content (AvgIpc) is 2.50. The van der Waals surface area contributed by atoms with E-state index in [4.69, 9.17) is 5.11 Å². The minimum atomic E-state index is 0.115. The van der Waals surface area contributed by atoms with Crippen molar-refractivity contribution in [2.45, 2.75) is 19.5 Å². The van der Waals surface area contributed by atoms with Crippen LogP contribution in [0, 0.1) is 11.8 Å². The quantitative estimate of drug-likeness (QED) is 0.855. The third-order valence-electron chi connectivity index (χ3n) is 3.05. The van der Waals surface area contributed by atoms with Gasteiger partial charge in [-0.2, -0.15) is 0 Å². The molecule has 108 valence electrons. The maximum Gasteiger partial charge on any atom is 0.0540 e. The Bertz CT molecular complexity index is 597. The Kier molecular flexibility index (Phi) is 5.96. The average molecular weight is 280 g/mol. The summed E-state index contributed by atoms with van der Waals surface area (Å²) in [5.41, 5.74) is 3.46. The lowest BCUT2D eigenvalue weighted by molar-refractivity contribution is 0.305. The molecular formula is C18H20N2O. The van der Waals surface area contributed by atoms with Crippen molar-refractivity contribution in [2.24, 2.45) is 0 Å². The zero-order valence-electron chi connectivity index (χ0n) is 12.3. The molecule has 1 aromatic heterocycles. The van der Waals surface area contributed by atoms with E-state index in [-0.39, 0.29) is 6.61 Å². The normalized spacial score (nSPS) is 10.2. The Morgan fingerprint density at radius 3 is 2.52 bits per heavy atom. The summed E-state index contributed by atoms with van der Waals surface area (Å²) in [6, 6.07) is 12.3. The van der Waals surface area contributed by atoms with Crippen molar-refractivity contribution in [3.05, 3.63) is 65.5 Å². The van der Waals surface area contributed by atoms with Crippen LogP contribution in [-0.2, 0) is 13.1 Å². The summed E-state index contributed by atoms with van der Waals surface area (Å²) in [7, 11) is 2.10. The van der Waals surface area contributed by atoms with Crippen LogP contribution < -0.4 is 0 Å². The summed E-state index contributed by atoms with van der Waals surface area (Å²) in [4.78, 5) is 6.39. The molecule has 21 heavy (non-hydrogen) atoms. The second kappa shape index (κ2) is 8.21. The summed E-state index contributed by atoms with van der Waals surface area (Å²) in [6.07, 6.45) is 4.21. The Balaban J connectivity index is 1.90. The third kappa shape index (κ3) is 5.39. The van der Waals surface area contributed by atoms with Gasteiger partial charge in [-0.15, -0.1) is 0 Å². The molecule has 0 radical (unpaired) electrons. The van der Waals surface area contributed by atoms with Gasteiger partial charge in [-0.1, -0.05) is 30.0 Å². The molecule has 2 aromatic rings. The zero-order chi connectivity index (χ0) is 14.9. The third-order valence-corrected chi connectivity index (χ3v) is 3.05. The van der Waals surface area contributed by atoms with E-state index in [0.29, 0.717) is 6.42 Å². The van der Waals surface area contributed by atoms with Crippen LogP contribution in [0.15, 0.2) is 48.8 Å². The summed E-state index contributed by atoms with van der Waals surface area (Å²) in [5.74, 6) is 5.96. The number of benzene rings is 1. The number of aromatic nitrogens is 1. The Labute approximate surface area is 126 Å². The van der Waals surface area contributed by atoms with Gasteiger partial charge in [0.1, 0.15) is 0 Å². The molecule has 1 N–H and O–H groups in total. The fourth-order valence-corrected chi connectivity index (χ4v) is 2.08. The standard InChI is InChI=1S/C18H20N2O/c1-20(15-18-6-4-11-19-13-18)14-17-9-7-16(8-10-17)5-2-3-12-21/h4,6-11,13,21H,3,12,14-15H2,1H3. The van der Waals surface area contributed by atoms with Gasteiger partial charge in [0.25, 0.3) is 0 Å². The molecule has 0 saturated carbocycles. The molecule has 1 aromatic carbocycles. The molecule has 0 spiro atoms. The van der Waals surface area contributed by atoms with Gasteiger partial charge in [-0.05, 0) is 36.4 Å². The van der Waals surface area contributed by atoms with Crippen molar-refractivity contribution in [1.82, 2.24) is 9.88 Å². The second-order valence-corrected chi connectivity index (χ2v) is 5.01. The van der Waals surface area contributed by atoms with Crippen LogP contribution in [0.25, 0.3) is 0 Å². The maximum absolute atomic E-state index is 8.70. The summed E-state index contributed by atoms with van der Waals surface area (Å²) in [5, 5.41) is 8.70. The molecule has 0 fully saturated rings. The fraction of sp³-hybridized carbons (Fsp3) is 0.278. The lowest BCUT2D eigenvalue weighted by atomic mass is 10.1. The highest BCUT2D eigenvalue weighted by atomic mass is 16.2. The topological polar surface area (TPSA) is 36.4 Å². The van der Waals surface area contributed by atoms with Crippen molar-refractivity contribution < 1.29 is 5.11 Å². The molecule has 2 rings (SSSR count). The molecular weight excluding hydrogens is 260 g/mol. The van der Waals surface area contributed by atoms with Crippen LogP contribution in [-0.4, -0.2) is 28.6 Å². The monoisotopic (exact) mass is 280 g/mol. The highest BCUT2D eigenvalue weighted by Gasteiger charge is 2.01. The van der Waals surface area contributed by atoms with E-state index >= 15 is 0 Å². The van der Waals surface area contributed by atoms with Gasteiger partial charge < -0.3 is 5.11 Å². The van der Waals surface area contributed by atoms with Crippen molar-refractivity contribution in [2.75, 3.05) is 13.7 Å². The molecule has 0 unspecified atom stereocenters. The largest absolute Gasteiger partial charge is 0.395 e. The van der Waals surface area contributed by atoms with Crippen molar-refractivity contribution in [3.8, 4) is 11.8 Å². The number of aliphatic hydroxyl groups is 1. The van der Waals surface area contributed by atoms with Gasteiger partial charge in [0.15, 0.2) is 0 Å². The predicted molar refractivity (Wildman–Crippen MR) is 84.4 cm³/mol. The molecule has 3 nitrogen and oxygen atoms in total. The van der Waals surface area contributed by atoms with Crippen molar-refractivity contribution >= 4 is 0 Å². The molecule has 1 heterocycles. The van der Waals surface area contributed by atoms with Gasteiger partial charge in [0.2, 0.25) is 0 Å². The van der Waals surface area contributed by atoms with E-state index in [0.717, 1.165) is 18.7 Å². The van der Waals surface area contributed by atoms with Crippen molar-refractivity contribution in [1.29, 1.82) is 0 Å². The smallest absolute Gasteiger partial charge is 0.0540 e. The van der Waals surface area contributed by atoms with Gasteiger partial charge in [-0.25, -0.2) is 0 Å². The van der Waals surface area contributed by atoms with Crippen LogP contribution in [0.2, 0.25) is 0 Å². The summed E-state index contributed by atoms with van der Waals surface area (Å²) >= 11 is 0. The van der Waals surface area contributed by atoms with Crippen LogP contribution in [0.3, 0.4) is 0 Å². The molecule has 0 atom stereocenters. The molecule has 0 bridgehead atoms. The number of rotatable bonds is 5. The highest BCUT2D eigenvalue weighted by molar-refractivity contribution is 5.36. The predicted octanol–water partition coefficient (Wildman–Crippen LogP) is 2.45. The van der Waals surface area contributed by atoms with Crippen molar-refractivity contribution in [3.63, 3.8) is 0 Å². The Hall–Kier alpha value is -2.15. The van der Waals surface area contributed by atoms with E-state index in [9.17, 15) is 0 Å². The van der Waals surface area contributed by atoms with Gasteiger partial charge in [-0.3, -0.25) is 9.88 Å². The van der Waals surface area contributed by atoms with E-state index in [1.54, 1.807) is 6.20 Å². The van der Waals surface area contributed by atoms with Crippen LogP contribution in [0.4, 0.5) is 0 Å². The lowest BCUT2D eigenvalue weighted by Crippen LogP contribution is -2.17. The first-order chi connectivity index (χ1) is 10.3. The van der Waals surface area contributed by atoms with E-state index in [1.165, 1.54) is 11.1 Å². The fourth-order valence-electron chi connectivity index (χ4n) is 2.08. The first kappa shape index (κ1) is 15.2. The molecule has 0 amide bonds. The second-order valence-electron chi connectivity index (χ2n) is 5.01. The maximum atomic E-state index is 8.70. The Morgan fingerprint density at radius 2 is 1.86 bits per heavy atom. The van der Waals surface area contributed by atoms with Crippen LogP contribution in [0.5, 0.6) is 0 Å². The van der Waals surface area contributed by atoms with Gasteiger partial charge in [0.05, 0.1) is 6.61 Å². The minimum absolute atomic E-state index is 0.115. The first-order valence-electron chi connectivity index (χ1n) is 7.04. The van der Waals surface area contributed by atoms with E-state index in [2.05, 4.69) is 47.0 Å². The molecule has 0 aliphatic heterocycles. The molecule has 0 saturated heterocycles. The SMILES string of the molecule is CN(Cc1ccc(C#CCCO)cc1)Cc1cccnc1. The zero-order valence-corrected chi connectivity index (χ0v) is 12.3. The highest BCUT2D eigenvalue weighted by Crippen LogP contribution is 2.08.